The first-order valence-electron chi connectivity index (χ1n) is 5.16. The van der Waals surface area contributed by atoms with E-state index in [0.717, 1.165) is 21.4 Å². The molecule has 0 amide bonds. The molecule has 0 aliphatic carbocycles. The van der Waals surface area contributed by atoms with Crippen LogP contribution in [0.15, 0.2) is 40.8 Å². The van der Waals surface area contributed by atoms with Gasteiger partial charge in [-0.15, -0.1) is 11.3 Å². The predicted octanol–water partition coefficient (Wildman–Crippen LogP) is 4.31. The molecule has 0 fully saturated rings. The summed E-state index contributed by atoms with van der Waals surface area (Å²) in [6.07, 6.45) is 0. The van der Waals surface area contributed by atoms with Gasteiger partial charge in [-0.3, -0.25) is 0 Å². The molecule has 1 N–H and O–H groups in total. The standard InChI is InChI=1S/C13H9ClO2S/c14-12-6-5-11(17-12)13-9(7-15)8-3-1-2-4-10(8)16-13/h1-6,15H,7H2. The van der Waals surface area contributed by atoms with E-state index in [4.69, 9.17) is 16.0 Å². The summed E-state index contributed by atoms with van der Waals surface area (Å²) < 4.78 is 6.49. The van der Waals surface area contributed by atoms with Crippen LogP contribution in [-0.2, 0) is 6.61 Å². The lowest BCUT2D eigenvalue weighted by molar-refractivity contribution is 0.282. The van der Waals surface area contributed by atoms with Crippen LogP contribution in [0.2, 0.25) is 4.34 Å². The van der Waals surface area contributed by atoms with Crippen molar-refractivity contribution in [1.29, 1.82) is 0 Å². The number of aliphatic hydroxyl groups is 1. The number of aliphatic hydroxyl groups excluding tert-OH is 1. The van der Waals surface area contributed by atoms with Crippen LogP contribution in [0.5, 0.6) is 0 Å². The van der Waals surface area contributed by atoms with Gasteiger partial charge in [0.1, 0.15) is 5.58 Å². The molecule has 0 bridgehead atoms. The average Bonchev–Trinajstić information content (AvgIpc) is 2.91. The van der Waals surface area contributed by atoms with Gasteiger partial charge in [-0.25, -0.2) is 0 Å². The minimum atomic E-state index is -0.0398. The fourth-order valence-corrected chi connectivity index (χ4v) is 2.94. The summed E-state index contributed by atoms with van der Waals surface area (Å²) in [5, 5.41) is 10.4. The highest BCUT2D eigenvalue weighted by molar-refractivity contribution is 7.19. The van der Waals surface area contributed by atoms with E-state index < -0.39 is 0 Å². The van der Waals surface area contributed by atoms with Gasteiger partial charge >= 0.3 is 0 Å². The Labute approximate surface area is 107 Å². The molecular formula is C13H9ClO2S. The van der Waals surface area contributed by atoms with Gasteiger partial charge in [-0.1, -0.05) is 29.8 Å². The van der Waals surface area contributed by atoms with Crippen molar-refractivity contribution < 1.29 is 9.52 Å². The Morgan fingerprint density at radius 2 is 2.00 bits per heavy atom. The molecule has 0 radical (unpaired) electrons. The number of halogens is 1. The Morgan fingerprint density at radius 1 is 1.18 bits per heavy atom. The van der Waals surface area contributed by atoms with Crippen LogP contribution in [0, 0.1) is 0 Å². The van der Waals surface area contributed by atoms with Crippen molar-refractivity contribution in [1.82, 2.24) is 0 Å². The van der Waals surface area contributed by atoms with Crippen molar-refractivity contribution >= 4 is 33.9 Å². The Bertz CT molecular complexity index is 669. The summed E-state index contributed by atoms with van der Waals surface area (Å²) >= 11 is 7.37. The molecule has 2 nitrogen and oxygen atoms in total. The second-order valence-electron chi connectivity index (χ2n) is 3.67. The Morgan fingerprint density at radius 3 is 2.71 bits per heavy atom. The molecule has 2 aromatic heterocycles. The monoisotopic (exact) mass is 264 g/mol. The molecule has 0 aliphatic heterocycles. The smallest absolute Gasteiger partial charge is 0.150 e. The number of fused-ring (bicyclic) bond motifs is 1. The number of thiophene rings is 1. The number of furan rings is 1. The zero-order valence-corrected chi connectivity index (χ0v) is 10.4. The van der Waals surface area contributed by atoms with Crippen molar-refractivity contribution in [2.24, 2.45) is 0 Å². The summed E-state index contributed by atoms with van der Waals surface area (Å²) in [6.45, 7) is -0.0398. The zero-order valence-electron chi connectivity index (χ0n) is 8.81. The molecule has 0 saturated carbocycles. The molecule has 0 spiro atoms. The maximum Gasteiger partial charge on any atom is 0.150 e. The van der Waals surface area contributed by atoms with Crippen molar-refractivity contribution in [3.8, 4) is 10.6 Å². The molecule has 17 heavy (non-hydrogen) atoms. The molecular weight excluding hydrogens is 256 g/mol. The zero-order chi connectivity index (χ0) is 11.8. The minimum absolute atomic E-state index is 0.0398. The Kier molecular flexibility index (Phi) is 2.67. The topological polar surface area (TPSA) is 33.4 Å². The van der Waals surface area contributed by atoms with Crippen molar-refractivity contribution in [3.63, 3.8) is 0 Å². The van der Waals surface area contributed by atoms with Crippen LogP contribution in [-0.4, -0.2) is 5.11 Å². The first kappa shape index (κ1) is 10.8. The second kappa shape index (κ2) is 4.18. The minimum Gasteiger partial charge on any atom is -0.455 e. The molecule has 0 aliphatic rings. The Balaban J connectivity index is 2.29. The molecule has 0 saturated heterocycles. The first-order valence-corrected chi connectivity index (χ1v) is 6.36. The average molecular weight is 265 g/mol. The van der Waals surface area contributed by atoms with E-state index in [0.29, 0.717) is 10.1 Å². The fraction of sp³-hybridized carbons (Fsp3) is 0.0769. The van der Waals surface area contributed by atoms with E-state index in [1.165, 1.54) is 11.3 Å². The van der Waals surface area contributed by atoms with Crippen LogP contribution >= 0.6 is 22.9 Å². The van der Waals surface area contributed by atoms with Gasteiger partial charge < -0.3 is 9.52 Å². The SMILES string of the molecule is OCc1c(-c2ccc(Cl)s2)oc2ccccc12. The molecule has 0 unspecified atom stereocenters. The molecule has 2 heterocycles. The molecule has 1 aromatic carbocycles. The molecule has 4 heteroatoms. The van der Waals surface area contributed by atoms with Gasteiger partial charge in [-0.05, 0) is 18.2 Å². The van der Waals surface area contributed by atoms with Crippen LogP contribution in [0.25, 0.3) is 21.6 Å². The molecule has 0 atom stereocenters. The lowest BCUT2D eigenvalue weighted by atomic mass is 10.1. The summed E-state index contributed by atoms with van der Waals surface area (Å²) in [5.74, 6) is 0.714. The fourth-order valence-electron chi connectivity index (χ4n) is 1.89. The lowest BCUT2D eigenvalue weighted by Crippen LogP contribution is -1.82. The molecule has 3 aromatic rings. The number of benzene rings is 1. The van der Waals surface area contributed by atoms with Crippen LogP contribution in [0.4, 0.5) is 0 Å². The second-order valence-corrected chi connectivity index (χ2v) is 5.38. The quantitative estimate of drug-likeness (QED) is 0.748. The van der Waals surface area contributed by atoms with E-state index >= 15 is 0 Å². The number of rotatable bonds is 2. The third-order valence-electron chi connectivity index (χ3n) is 2.65. The van der Waals surface area contributed by atoms with Crippen LogP contribution in [0.3, 0.4) is 0 Å². The van der Waals surface area contributed by atoms with Gasteiger partial charge in [0.05, 0.1) is 15.8 Å². The number of para-hydroxylation sites is 1. The van der Waals surface area contributed by atoms with Crippen LogP contribution in [0.1, 0.15) is 5.56 Å². The first-order chi connectivity index (χ1) is 8.29. The van der Waals surface area contributed by atoms with E-state index in [-0.39, 0.29) is 6.61 Å². The summed E-state index contributed by atoms with van der Waals surface area (Å²) in [5.41, 5.74) is 1.61. The van der Waals surface area contributed by atoms with Crippen molar-refractivity contribution in [2.75, 3.05) is 0 Å². The number of hydrogen-bond donors (Lipinski definition) is 1. The van der Waals surface area contributed by atoms with Gasteiger partial charge in [-0.2, -0.15) is 0 Å². The molecule has 3 rings (SSSR count). The maximum absolute atomic E-state index is 9.49. The lowest BCUT2D eigenvalue weighted by Gasteiger charge is -1.95. The van der Waals surface area contributed by atoms with Crippen molar-refractivity contribution in [2.45, 2.75) is 6.61 Å². The third kappa shape index (κ3) is 1.76. The molecule has 86 valence electrons. The summed E-state index contributed by atoms with van der Waals surface area (Å²) in [6, 6.07) is 11.4. The van der Waals surface area contributed by atoms with Gasteiger partial charge in [0, 0.05) is 10.9 Å². The summed E-state index contributed by atoms with van der Waals surface area (Å²) in [7, 11) is 0. The van der Waals surface area contributed by atoms with Gasteiger partial charge in [0.2, 0.25) is 0 Å². The summed E-state index contributed by atoms with van der Waals surface area (Å²) in [4.78, 5) is 0.940. The highest BCUT2D eigenvalue weighted by Gasteiger charge is 2.16. The van der Waals surface area contributed by atoms with Crippen molar-refractivity contribution in [3.05, 3.63) is 46.3 Å². The Hall–Kier alpha value is -1.29. The van der Waals surface area contributed by atoms with E-state index in [2.05, 4.69) is 0 Å². The van der Waals surface area contributed by atoms with Gasteiger partial charge in [0.25, 0.3) is 0 Å². The predicted molar refractivity (Wildman–Crippen MR) is 70.5 cm³/mol. The highest BCUT2D eigenvalue weighted by Crippen LogP contribution is 2.38. The maximum atomic E-state index is 9.49. The number of hydrogen-bond acceptors (Lipinski definition) is 3. The van der Waals surface area contributed by atoms with E-state index in [9.17, 15) is 5.11 Å². The third-order valence-corrected chi connectivity index (χ3v) is 3.88. The van der Waals surface area contributed by atoms with Crippen LogP contribution < -0.4 is 0 Å². The highest BCUT2D eigenvalue weighted by atomic mass is 35.5. The van der Waals surface area contributed by atoms with Gasteiger partial charge in [0.15, 0.2) is 5.76 Å². The van der Waals surface area contributed by atoms with E-state index in [1.54, 1.807) is 0 Å². The van der Waals surface area contributed by atoms with E-state index in [1.807, 2.05) is 36.4 Å². The largest absolute Gasteiger partial charge is 0.455 e. The normalized spacial score (nSPS) is 11.2.